The van der Waals surface area contributed by atoms with Gasteiger partial charge in [0.1, 0.15) is 0 Å². The largest absolute Gasteiger partial charge is 0.287 e. The van der Waals surface area contributed by atoms with Crippen molar-refractivity contribution in [3.05, 3.63) is 0 Å². The van der Waals surface area contributed by atoms with Gasteiger partial charge in [-0.15, -0.1) is 0 Å². The third-order valence-electron chi connectivity index (χ3n) is 2.48. The molecule has 0 bridgehead atoms. The van der Waals surface area contributed by atoms with Crippen molar-refractivity contribution < 1.29 is 5.21 Å². The summed E-state index contributed by atoms with van der Waals surface area (Å²) in [7, 11) is 1.64. The van der Waals surface area contributed by atoms with Crippen LogP contribution in [0.4, 0.5) is 0 Å². The molecule has 1 N–H and O–H groups in total. The quantitative estimate of drug-likeness (QED) is 0.585. The summed E-state index contributed by atoms with van der Waals surface area (Å²) in [5.41, 5.74) is 0. The van der Waals surface area contributed by atoms with Crippen molar-refractivity contribution in [1.82, 2.24) is 5.06 Å². The maximum Gasteiger partial charge on any atom is 0.183 e. The number of hydrogen-bond donors (Lipinski definition) is 1. The summed E-state index contributed by atoms with van der Waals surface area (Å²) in [4.78, 5) is 4.47. The Morgan fingerprint density at radius 2 is 2.25 bits per heavy atom. The number of aliphatic imine (C=N–C) groups is 1. The molecular weight excluding hydrogens is 172 g/mol. The molecule has 1 aliphatic heterocycles. The molecule has 2 atom stereocenters. The van der Waals surface area contributed by atoms with Gasteiger partial charge in [-0.2, -0.15) is 0 Å². The lowest BCUT2D eigenvalue weighted by atomic mass is 9.96. The molecule has 1 heterocycles. The Bertz CT molecular complexity index is 205. The molecule has 0 amide bonds. The molecule has 0 spiro atoms. The average molecular weight is 186 g/mol. The zero-order valence-corrected chi connectivity index (χ0v) is 8.05. The second-order valence-electron chi connectivity index (χ2n) is 3.44. The van der Waals surface area contributed by atoms with Gasteiger partial charge in [0.2, 0.25) is 0 Å². The molecule has 68 valence electrons. The highest BCUT2D eigenvalue weighted by molar-refractivity contribution is 8.14. The van der Waals surface area contributed by atoms with Crippen molar-refractivity contribution >= 4 is 16.9 Å². The number of amidine groups is 1. The summed E-state index contributed by atoms with van der Waals surface area (Å²) in [5, 5.41) is 11.8. The maximum atomic E-state index is 9.18. The van der Waals surface area contributed by atoms with Crippen molar-refractivity contribution in [2.75, 3.05) is 7.05 Å². The Labute approximate surface area is 76.8 Å². The van der Waals surface area contributed by atoms with E-state index in [0.717, 1.165) is 10.2 Å². The highest BCUT2D eigenvalue weighted by atomic mass is 32.2. The fourth-order valence-electron chi connectivity index (χ4n) is 1.83. The van der Waals surface area contributed by atoms with Gasteiger partial charge < -0.3 is 0 Å². The van der Waals surface area contributed by atoms with Crippen LogP contribution in [0.25, 0.3) is 0 Å². The van der Waals surface area contributed by atoms with Crippen LogP contribution in [0.5, 0.6) is 0 Å². The number of hydroxylamine groups is 2. The van der Waals surface area contributed by atoms with Crippen molar-refractivity contribution in [1.29, 1.82) is 0 Å². The SMILES string of the molecule is CN(O)C1=NC2CCCCC2S1. The summed E-state index contributed by atoms with van der Waals surface area (Å²) < 4.78 is 0. The van der Waals surface area contributed by atoms with Gasteiger partial charge in [-0.05, 0) is 12.8 Å². The van der Waals surface area contributed by atoms with Crippen LogP contribution in [-0.4, -0.2) is 33.8 Å². The van der Waals surface area contributed by atoms with Gasteiger partial charge in [-0.25, -0.2) is 5.06 Å². The topological polar surface area (TPSA) is 35.8 Å². The van der Waals surface area contributed by atoms with Crippen molar-refractivity contribution in [2.24, 2.45) is 4.99 Å². The Morgan fingerprint density at radius 1 is 1.50 bits per heavy atom. The lowest BCUT2D eigenvalue weighted by molar-refractivity contribution is 0.0175. The molecule has 0 saturated heterocycles. The second kappa shape index (κ2) is 3.26. The molecule has 1 fully saturated rings. The third kappa shape index (κ3) is 1.45. The monoisotopic (exact) mass is 186 g/mol. The van der Waals surface area contributed by atoms with Crippen LogP contribution in [0, 0.1) is 0 Å². The van der Waals surface area contributed by atoms with Crippen molar-refractivity contribution in [3.63, 3.8) is 0 Å². The Morgan fingerprint density at radius 3 is 2.92 bits per heavy atom. The Kier molecular flexibility index (Phi) is 2.28. The van der Waals surface area contributed by atoms with E-state index in [9.17, 15) is 5.21 Å². The third-order valence-corrected chi connectivity index (χ3v) is 3.91. The van der Waals surface area contributed by atoms with Gasteiger partial charge in [0.15, 0.2) is 5.17 Å². The summed E-state index contributed by atoms with van der Waals surface area (Å²) in [6.45, 7) is 0. The highest BCUT2D eigenvalue weighted by Gasteiger charge is 2.33. The molecule has 0 aromatic heterocycles. The van der Waals surface area contributed by atoms with E-state index in [2.05, 4.69) is 4.99 Å². The van der Waals surface area contributed by atoms with Crippen LogP contribution in [0.2, 0.25) is 0 Å². The highest BCUT2D eigenvalue weighted by Crippen LogP contribution is 2.37. The number of fused-ring (bicyclic) bond motifs is 1. The van der Waals surface area contributed by atoms with Gasteiger partial charge in [0.25, 0.3) is 0 Å². The first kappa shape index (κ1) is 8.38. The van der Waals surface area contributed by atoms with E-state index < -0.39 is 0 Å². The van der Waals surface area contributed by atoms with Crippen LogP contribution in [0.15, 0.2) is 4.99 Å². The molecule has 4 heteroatoms. The van der Waals surface area contributed by atoms with E-state index in [4.69, 9.17) is 0 Å². The van der Waals surface area contributed by atoms with Crippen LogP contribution in [0.1, 0.15) is 25.7 Å². The van der Waals surface area contributed by atoms with Gasteiger partial charge in [0.05, 0.1) is 6.04 Å². The van der Waals surface area contributed by atoms with E-state index in [1.54, 1.807) is 18.8 Å². The van der Waals surface area contributed by atoms with Gasteiger partial charge in [0, 0.05) is 12.3 Å². The summed E-state index contributed by atoms with van der Waals surface area (Å²) >= 11 is 1.73. The molecule has 0 aromatic carbocycles. The molecule has 1 aliphatic carbocycles. The van der Waals surface area contributed by atoms with E-state index in [-0.39, 0.29) is 0 Å². The first-order chi connectivity index (χ1) is 5.77. The standard InChI is InChI=1S/C8H14N2OS/c1-10(11)8-9-6-4-2-3-5-7(6)12-8/h6-7,11H,2-5H2,1H3. The summed E-state index contributed by atoms with van der Waals surface area (Å²) in [6, 6.07) is 0.480. The zero-order chi connectivity index (χ0) is 8.55. The molecule has 0 radical (unpaired) electrons. The smallest absolute Gasteiger partial charge is 0.183 e. The number of thioether (sulfide) groups is 1. The predicted octanol–water partition coefficient (Wildman–Crippen LogP) is 1.72. The van der Waals surface area contributed by atoms with Crippen LogP contribution >= 0.6 is 11.8 Å². The summed E-state index contributed by atoms with van der Waals surface area (Å²) in [5.74, 6) is 0. The predicted molar refractivity (Wildman–Crippen MR) is 50.6 cm³/mol. The Balaban J connectivity index is 2.04. The fraction of sp³-hybridized carbons (Fsp3) is 0.875. The molecule has 12 heavy (non-hydrogen) atoms. The molecule has 3 nitrogen and oxygen atoms in total. The molecule has 0 aromatic rings. The minimum absolute atomic E-state index is 0.480. The lowest BCUT2D eigenvalue weighted by Gasteiger charge is -2.21. The van der Waals surface area contributed by atoms with Crippen LogP contribution in [0.3, 0.4) is 0 Å². The van der Waals surface area contributed by atoms with Crippen LogP contribution in [-0.2, 0) is 0 Å². The minimum Gasteiger partial charge on any atom is -0.287 e. The minimum atomic E-state index is 0.480. The second-order valence-corrected chi connectivity index (χ2v) is 4.65. The number of rotatable bonds is 0. The zero-order valence-electron chi connectivity index (χ0n) is 7.23. The first-order valence-corrected chi connectivity index (χ1v) is 5.32. The molecule has 2 aliphatic rings. The first-order valence-electron chi connectivity index (χ1n) is 4.44. The van der Waals surface area contributed by atoms with Gasteiger partial charge in [-0.3, -0.25) is 10.2 Å². The van der Waals surface area contributed by atoms with Crippen molar-refractivity contribution in [2.45, 2.75) is 37.0 Å². The van der Waals surface area contributed by atoms with Gasteiger partial charge >= 0.3 is 0 Å². The normalized spacial score (nSPS) is 34.3. The van der Waals surface area contributed by atoms with E-state index in [0.29, 0.717) is 11.3 Å². The molecule has 1 saturated carbocycles. The average Bonchev–Trinajstić information content (AvgIpc) is 2.46. The van der Waals surface area contributed by atoms with E-state index in [1.165, 1.54) is 25.7 Å². The number of nitrogens with zero attached hydrogens (tertiary/aromatic N) is 2. The summed E-state index contributed by atoms with van der Waals surface area (Å²) in [6.07, 6.45) is 5.09. The lowest BCUT2D eigenvalue weighted by Crippen LogP contribution is -2.21. The Hall–Kier alpha value is -0.220. The van der Waals surface area contributed by atoms with Crippen LogP contribution < -0.4 is 0 Å². The molecular formula is C8H14N2OS. The fourth-order valence-corrected chi connectivity index (χ4v) is 3.09. The maximum absolute atomic E-state index is 9.18. The number of hydrogen-bond acceptors (Lipinski definition) is 4. The molecule has 2 rings (SSSR count). The van der Waals surface area contributed by atoms with E-state index >= 15 is 0 Å². The van der Waals surface area contributed by atoms with Gasteiger partial charge in [-0.1, -0.05) is 24.6 Å². The molecule has 2 unspecified atom stereocenters. The van der Waals surface area contributed by atoms with Crippen molar-refractivity contribution in [3.8, 4) is 0 Å². The van der Waals surface area contributed by atoms with E-state index in [1.807, 2.05) is 0 Å².